The van der Waals surface area contributed by atoms with E-state index in [1.54, 1.807) is 24.3 Å². The first-order valence-electron chi connectivity index (χ1n) is 9.78. The molecule has 1 amide bonds. The van der Waals surface area contributed by atoms with Crippen LogP contribution in [0, 0.1) is 17.0 Å². The molecule has 8 nitrogen and oxygen atoms in total. The van der Waals surface area contributed by atoms with Crippen LogP contribution in [-0.4, -0.2) is 33.9 Å². The molecule has 0 heterocycles. The van der Waals surface area contributed by atoms with Crippen LogP contribution in [0.4, 0.5) is 5.69 Å². The summed E-state index contributed by atoms with van der Waals surface area (Å²) in [6, 6.07) is 17.9. The molecule has 3 aromatic rings. The van der Waals surface area contributed by atoms with E-state index in [-0.39, 0.29) is 35.8 Å². The van der Waals surface area contributed by atoms with E-state index >= 15 is 0 Å². The fraction of sp³-hybridized carbons (Fsp3) is 0.167. The van der Waals surface area contributed by atoms with E-state index in [0.717, 1.165) is 17.2 Å². The molecule has 8 heteroatoms. The molecule has 0 aliphatic heterocycles. The van der Waals surface area contributed by atoms with Gasteiger partial charge in [0.25, 0.3) is 11.6 Å². The lowest BCUT2D eigenvalue weighted by Gasteiger charge is -2.23. The van der Waals surface area contributed by atoms with Crippen LogP contribution in [0.25, 0.3) is 0 Å². The van der Waals surface area contributed by atoms with Gasteiger partial charge >= 0.3 is 5.97 Å². The number of carbonyl (C=O) groups is 2. The van der Waals surface area contributed by atoms with Gasteiger partial charge in [-0.1, -0.05) is 29.8 Å². The molecule has 0 unspecified atom stereocenters. The van der Waals surface area contributed by atoms with Crippen LogP contribution in [0.1, 0.15) is 37.4 Å². The van der Waals surface area contributed by atoms with Gasteiger partial charge < -0.3 is 14.7 Å². The van der Waals surface area contributed by atoms with E-state index in [1.165, 1.54) is 24.1 Å². The minimum atomic E-state index is -1.26. The molecule has 3 aromatic carbocycles. The van der Waals surface area contributed by atoms with E-state index < -0.39 is 10.9 Å². The summed E-state index contributed by atoms with van der Waals surface area (Å²) >= 11 is 0. The normalized spacial score (nSPS) is 10.4. The first kappa shape index (κ1) is 22.5. The van der Waals surface area contributed by atoms with Crippen LogP contribution in [-0.2, 0) is 13.1 Å². The third kappa shape index (κ3) is 5.28. The van der Waals surface area contributed by atoms with Gasteiger partial charge in [0.15, 0.2) is 0 Å². The third-order valence-electron chi connectivity index (χ3n) is 5.01. The van der Waals surface area contributed by atoms with Gasteiger partial charge in [-0.05, 0) is 48.9 Å². The van der Waals surface area contributed by atoms with E-state index in [9.17, 15) is 19.7 Å². The summed E-state index contributed by atoms with van der Waals surface area (Å²) in [5.74, 6) is -0.971. The number of ether oxygens (including phenoxy) is 1. The number of nitro benzene ring substituents is 1. The third-order valence-corrected chi connectivity index (χ3v) is 5.01. The highest BCUT2D eigenvalue weighted by atomic mass is 16.6. The predicted molar refractivity (Wildman–Crippen MR) is 118 cm³/mol. The summed E-state index contributed by atoms with van der Waals surface area (Å²) < 4.78 is 5.14. The van der Waals surface area contributed by atoms with Crippen molar-refractivity contribution in [1.29, 1.82) is 0 Å². The van der Waals surface area contributed by atoms with Crippen molar-refractivity contribution >= 4 is 17.6 Å². The van der Waals surface area contributed by atoms with Crippen LogP contribution in [0.15, 0.2) is 66.7 Å². The van der Waals surface area contributed by atoms with Crippen molar-refractivity contribution in [3.63, 3.8) is 0 Å². The standard InChI is InChI=1S/C24H22N2O6/c1-16-3-5-17(6-4-16)14-25(23(27)18-9-11-21(32-2)12-10-18)15-20-8-7-19(24(28)29)13-22(20)26(30)31/h3-13H,14-15H2,1-2H3,(H,28,29). The van der Waals surface area contributed by atoms with Gasteiger partial charge in [0.1, 0.15) is 5.75 Å². The van der Waals surface area contributed by atoms with E-state index in [0.29, 0.717) is 11.3 Å². The van der Waals surface area contributed by atoms with Crippen molar-refractivity contribution in [3.05, 3.63) is 105 Å². The molecule has 32 heavy (non-hydrogen) atoms. The second-order valence-corrected chi connectivity index (χ2v) is 7.28. The summed E-state index contributed by atoms with van der Waals surface area (Å²) in [6.45, 7) is 2.12. The molecule has 0 radical (unpaired) electrons. The summed E-state index contributed by atoms with van der Waals surface area (Å²) in [7, 11) is 1.53. The van der Waals surface area contributed by atoms with E-state index in [4.69, 9.17) is 9.84 Å². The Bertz CT molecular complexity index is 1140. The highest BCUT2D eigenvalue weighted by molar-refractivity contribution is 5.94. The largest absolute Gasteiger partial charge is 0.497 e. The van der Waals surface area contributed by atoms with E-state index in [1.807, 2.05) is 31.2 Å². The van der Waals surface area contributed by atoms with Gasteiger partial charge in [0, 0.05) is 23.7 Å². The number of aromatic carboxylic acids is 1. The Kier molecular flexibility index (Phi) is 6.84. The zero-order chi connectivity index (χ0) is 23.3. The molecule has 0 bridgehead atoms. The molecule has 1 N–H and O–H groups in total. The Morgan fingerprint density at radius 1 is 0.969 bits per heavy atom. The number of hydrogen-bond donors (Lipinski definition) is 1. The summed E-state index contributed by atoms with van der Waals surface area (Å²) in [5.41, 5.74) is 2.05. The summed E-state index contributed by atoms with van der Waals surface area (Å²) in [5, 5.41) is 20.7. The van der Waals surface area contributed by atoms with Gasteiger partial charge in [-0.3, -0.25) is 14.9 Å². The topological polar surface area (TPSA) is 110 Å². The van der Waals surface area contributed by atoms with Crippen molar-refractivity contribution in [1.82, 2.24) is 4.90 Å². The van der Waals surface area contributed by atoms with Crippen LogP contribution < -0.4 is 4.74 Å². The minimum absolute atomic E-state index is 0.0606. The number of carbonyl (C=O) groups excluding carboxylic acids is 1. The second kappa shape index (κ2) is 9.74. The lowest BCUT2D eigenvalue weighted by atomic mass is 10.1. The monoisotopic (exact) mass is 434 g/mol. The Hall–Kier alpha value is -4.20. The average molecular weight is 434 g/mol. The molecule has 0 aromatic heterocycles. The smallest absolute Gasteiger partial charge is 0.335 e. The first-order valence-corrected chi connectivity index (χ1v) is 9.78. The molecule has 0 aliphatic rings. The highest BCUT2D eigenvalue weighted by Crippen LogP contribution is 2.24. The quantitative estimate of drug-likeness (QED) is 0.414. The Morgan fingerprint density at radius 3 is 2.16 bits per heavy atom. The van der Waals surface area contributed by atoms with Crippen molar-refractivity contribution < 1.29 is 24.4 Å². The second-order valence-electron chi connectivity index (χ2n) is 7.28. The maximum atomic E-state index is 13.3. The molecular formula is C24H22N2O6. The van der Waals surface area contributed by atoms with Crippen LogP contribution in [0.5, 0.6) is 5.75 Å². The molecule has 0 fully saturated rings. The Morgan fingerprint density at radius 2 is 1.59 bits per heavy atom. The van der Waals surface area contributed by atoms with Crippen molar-refractivity contribution in [2.75, 3.05) is 7.11 Å². The van der Waals surface area contributed by atoms with Gasteiger partial charge in [-0.15, -0.1) is 0 Å². The molecule has 0 saturated heterocycles. The number of benzene rings is 3. The average Bonchev–Trinajstić information content (AvgIpc) is 2.79. The molecule has 0 aliphatic carbocycles. The van der Waals surface area contributed by atoms with Gasteiger partial charge in [-0.25, -0.2) is 4.79 Å². The van der Waals surface area contributed by atoms with Gasteiger partial charge in [0.2, 0.25) is 0 Å². The van der Waals surface area contributed by atoms with E-state index in [2.05, 4.69) is 0 Å². The number of rotatable bonds is 8. The Balaban J connectivity index is 1.98. The van der Waals surface area contributed by atoms with Crippen LogP contribution >= 0.6 is 0 Å². The maximum absolute atomic E-state index is 13.3. The molecule has 0 spiro atoms. The summed E-state index contributed by atoms with van der Waals surface area (Å²) in [6.07, 6.45) is 0. The number of nitro groups is 1. The summed E-state index contributed by atoms with van der Waals surface area (Å²) in [4.78, 5) is 37.0. The number of nitrogens with zero attached hydrogens (tertiary/aromatic N) is 2. The predicted octanol–water partition coefficient (Wildman–Crippen LogP) is 4.45. The minimum Gasteiger partial charge on any atom is -0.497 e. The zero-order valence-electron chi connectivity index (χ0n) is 17.6. The fourth-order valence-corrected chi connectivity index (χ4v) is 3.24. The zero-order valence-corrected chi connectivity index (χ0v) is 17.6. The molecule has 0 atom stereocenters. The molecule has 3 rings (SSSR count). The van der Waals surface area contributed by atoms with Crippen molar-refractivity contribution in [2.24, 2.45) is 0 Å². The molecule has 0 saturated carbocycles. The van der Waals surface area contributed by atoms with Crippen molar-refractivity contribution in [2.45, 2.75) is 20.0 Å². The fourth-order valence-electron chi connectivity index (χ4n) is 3.24. The SMILES string of the molecule is COc1ccc(C(=O)N(Cc2ccc(C)cc2)Cc2ccc(C(=O)O)cc2[N+](=O)[O-])cc1. The number of methoxy groups -OCH3 is 1. The molecular weight excluding hydrogens is 412 g/mol. The highest BCUT2D eigenvalue weighted by Gasteiger charge is 2.23. The molecule has 164 valence electrons. The van der Waals surface area contributed by atoms with Crippen LogP contribution in [0.3, 0.4) is 0 Å². The first-order chi connectivity index (χ1) is 15.3. The number of amides is 1. The van der Waals surface area contributed by atoms with Gasteiger partial charge in [-0.2, -0.15) is 0 Å². The number of hydrogen-bond acceptors (Lipinski definition) is 5. The van der Waals surface area contributed by atoms with Crippen molar-refractivity contribution in [3.8, 4) is 5.75 Å². The number of carboxylic acids is 1. The van der Waals surface area contributed by atoms with Crippen LogP contribution in [0.2, 0.25) is 0 Å². The number of carboxylic acid groups (broad SMARTS) is 1. The van der Waals surface area contributed by atoms with Gasteiger partial charge in [0.05, 0.1) is 24.1 Å². The lowest BCUT2D eigenvalue weighted by molar-refractivity contribution is -0.385. The maximum Gasteiger partial charge on any atom is 0.335 e. The lowest BCUT2D eigenvalue weighted by Crippen LogP contribution is -2.30. The Labute approximate surface area is 184 Å². The number of aryl methyl sites for hydroxylation is 1.